The maximum absolute atomic E-state index is 5.90. The fourth-order valence-electron chi connectivity index (χ4n) is 3.68. The first kappa shape index (κ1) is 17.3. The van der Waals surface area contributed by atoms with Crippen molar-refractivity contribution in [2.24, 2.45) is 0 Å². The van der Waals surface area contributed by atoms with Crippen LogP contribution < -0.4 is 9.64 Å². The average molecular weight is 383 g/mol. The zero-order valence-electron chi connectivity index (χ0n) is 15.7. The predicted octanol–water partition coefficient (Wildman–Crippen LogP) is 5.99. The van der Waals surface area contributed by atoms with Gasteiger partial charge in [0.25, 0.3) is 0 Å². The van der Waals surface area contributed by atoms with Crippen molar-refractivity contribution in [2.75, 3.05) is 19.1 Å². The Morgan fingerprint density at radius 1 is 1.12 bits per heavy atom. The van der Waals surface area contributed by atoms with Gasteiger partial charge in [-0.2, -0.15) is 0 Å². The highest BCUT2D eigenvalue weighted by molar-refractivity contribution is 7.71. The van der Waals surface area contributed by atoms with Crippen LogP contribution in [0.15, 0.2) is 42.5 Å². The van der Waals surface area contributed by atoms with E-state index in [2.05, 4.69) is 73.1 Å². The molecule has 0 amide bonds. The van der Waals surface area contributed by atoms with Crippen LogP contribution in [0.4, 0.5) is 11.4 Å². The third-order valence-electron chi connectivity index (χ3n) is 5.16. The second kappa shape index (κ2) is 5.96. The SMILES string of the molecule is COc1ccc2c(c1)C(C)(C)c1sn(-c3cccc(C)c3)c(=S)c1N2C. The highest BCUT2D eigenvalue weighted by atomic mass is 32.1. The van der Waals surface area contributed by atoms with Crippen molar-refractivity contribution in [3.63, 3.8) is 0 Å². The zero-order chi connectivity index (χ0) is 18.6. The van der Waals surface area contributed by atoms with Gasteiger partial charge in [-0.25, -0.2) is 0 Å². The summed E-state index contributed by atoms with van der Waals surface area (Å²) in [6, 6.07) is 14.8. The molecule has 0 fully saturated rings. The quantitative estimate of drug-likeness (QED) is 0.507. The van der Waals surface area contributed by atoms with E-state index in [-0.39, 0.29) is 5.41 Å². The molecule has 0 aliphatic carbocycles. The molecule has 26 heavy (non-hydrogen) atoms. The topological polar surface area (TPSA) is 17.4 Å². The summed E-state index contributed by atoms with van der Waals surface area (Å²) in [5.41, 5.74) is 5.80. The van der Waals surface area contributed by atoms with Crippen LogP contribution >= 0.6 is 23.8 Å². The molecule has 1 aliphatic heterocycles. The Balaban J connectivity index is 1.97. The van der Waals surface area contributed by atoms with E-state index >= 15 is 0 Å². The van der Waals surface area contributed by atoms with Crippen LogP contribution in [0.1, 0.15) is 29.9 Å². The third-order valence-corrected chi connectivity index (χ3v) is 7.12. The average Bonchev–Trinajstić information content (AvgIpc) is 2.98. The van der Waals surface area contributed by atoms with Crippen molar-refractivity contribution in [3.05, 3.63) is 63.1 Å². The lowest BCUT2D eigenvalue weighted by atomic mass is 9.78. The fourth-order valence-corrected chi connectivity index (χ4v) is 5.43. The number of rotatable bonds is 2. The van der Waals surface area contributed by atoms with Gasteiger partial charge < -0.3 is 9.64 Å². The molecule has 3 aromatic rings. The molecular weight excluding hydrogens is 360 g/mol. The monoisotopic (exact) mass is 382 g/mol. The number of aromatic nitrogens is 1. The number of ether oxygens (including phenoxy) is 1. The molecule has 0 saturated heterocycles. The van der Waals surface area contributed by atoms with Gasteiger partial charge in [-0.1, -0.05) is 49.7 Å². The summed E-state index contributed by atoms with van der Waals surface area (Å²) in [6.07, 6.45) is 0. The first-order chi connectivity index (χ1) is 12.3. The van der Waals surface area contributed by atoms with E-state index in [1.165, 1.54) is 21.7 Å². The zero-order valence-corrected chi connectivity index (χ0v) is 17.3. The van der Waals surface area contributed by atoms with E-state index < -0.39 is 0 Å². The molecule has 0 saturated carbocycles. The van der Waals surface area contributed by atoms with Gasteiger partial charge in [0, 0.05) is 18.2 Å². The van der Waals surface area contributed by atoms with Crippen LogP contribution in [-0.4, -0.2) is 18.1 Å². The van der Waals surface area contributed by atoms with Gasteiger partial charge in [0.1, 0.15) is 10.4 Å². The molecule has 0 bridgehead atoms. The Bertz CT molecular complexity index is 1060. The van der Waals surface area contributed by atoms with Crippen molar-refractivity contribution >= 4 is 35.1 Å². The smallest absolute Gasteiger partial charge is 0.145 e. The molecule has 0 unspecified atom stereocenters. The van der Waals surface area contributed by atoms with Gasteiger partial charge in [0.2, 0.25) is 0 Å². The summed E-state index contributed by atoms with van der Waals surface area (Å²) in [7, 11) is 3.81. The van der Waals surface area contributed by atoms with Gasteiger partial charge in [-0.3, -0.25) is 3.96 Å². The molecule has 2 aromatic carbocycles. The van der Waals surface area contributed by atoms with Crippen molar-refractivity contribution in [1.82, 2.24) is 3.96 Å². The van der Waals surface area contributed by atoms with Crippen LogP contribution in [0, 0.1) is 11.6 Å². The van der Waals surface area contributed by atoms with E-state index in [1.807, 2.05) is 6.07 Å². The molecule has 1 aromatic heterocycles. The molecular formula is C21H22N2OS2. The van der Waals surface area contributed by atoms with Gasteiger partial charge in [0.15, 0.2) is 0 Å². The second-order valence-corrected chi connectivity index (χ2v) is 8.62. The summed E-state index contributed by atoms with van der Waals surface area (Å²) in [5.74, 6) is 0.885. The van der Waals surface area contributed by atoms with Crippen LogP contribution in [0.3, 0.4) is 0 Å². The minimum Gasteiger partial charge on any atom is -0.497 e. The van der Waals surface area contributed by atoms with E-state index in [0.29, 0.717) is 0 Å². The van der Waals surface area contributed by atoms with E-state index in [9.17, 15) is 0 Å². The number of nitrogens with zero attached hydrogens (tertiary/aromatic N) is 2. The number of hydrogen-bond acceptors (Lipinski definition) is 4. The van der Waals surface area contributed by atoms with Crippen molar-refractivity contribution in [2.45, 2.75) is 26.2 Å². The summed E-state index contributed by atoms with van der Waals surface area (Å²) < 4.78 is 8.51. The largest absolute Gasteiger partial charge is 0.497 e. The third kappa shape index (κ3) is 2.42. The number of benzene rings is 2. The summed E-state index contributed by atoms with van der Waals surface area (Å²) >= 11 is 7.64. The van der Waals surface area contributed by atoms with Crippen LogP contribution in [0.5, 0.6) is 5.75 Å². The van der Waals surface area contributed by atoms with E-state index in [0.717, 1.165) is 21.8 Å². The summed E-state index contributed by atoms with van der Waals surface area (Å²) in [6.45, 7) is 6.64. The Morgan fingerprint density at radius 3 is 2.58 bits per heavy atom. The number of anilines is 2. The molecule has 0 atom stereocenters. The Labute approximate surface area is 163 Å². The Hall–Kier alpha value is -2.11. The van der Waals surface area contributed by atoms with Crippen LogP contribution in [0.25, 0.3) is 5.69 Å². The molecule has 134 valence electrons. The van der Waals surface area contributed by atoms with E-state index in [4.69, 9.17) is 17.0 Å². The van der Waals surface area contributed by atoms with Crippen LogP contribution in [0.2, 0.25) is 0 Å². The normalized spacial score (nSPS) is 14.7. The first-order valence-electron chi connectivity index (χ1n) is 8.60. The fraction of sp³-hybridized carbons (Fsp3) is 0.286. The highest BCUT2D eigenvalue weighted by Crippen LogP contribution is 2.52. The summed E-state index contributed by atoms with van der Waals surface area (Å²) in [5, 5.41) is 0. The molecule has 4 rings (SSSR count). The molecule has 2 heterocycles. The highest BCUT2D eigenvalue weighted by Gasteiger charge is 2.39. The van der Waals surface area contributed by atoms with Gasteiger partial charge >= 0.3 is 0 Å². The van der Waals surface area contributed by atoms with Gasteiger partial charge in [-0.15, -0.1) is 0 Å². The lowest BCUT2D eigenvalue weighted by Gasteiger charge is -2.37. The second-order valence-electron chi connectivity index (χ2n) is 7.27. The predicted molar refractivity (Wildman–Crippen MR) is 112 cm³/mol. The molecule has 0 radical (unpaired) electrons. The molecule has 0 spiro atoms. The van der Waals surface area contributed by atoms with Crippen molar-refractivity contribution in [3.8, 4) is 11.4 Å². The van der Waals surface area contributed by atoms with E-state index in [1.54, 1.807) is 18.6 Å². The Kier molecular flexibility index (Phi) is 3.97. The van der Waals surface area contributed by atoms with Crippen molar-refractivity contribution < 1.29 is 4.74 Å². The van der Waals surface area contributed by atoms with Gasteiger partial charge in [-0.05, 0) is 48.4 Å². The first-order valence-corrected chi connectivity index (χ1v) is 9.79. The lowest BCUT2D eigenvalue weighted by Crippen LogP contribution is -2.29. The standard InChI is InChI=1S/C21H22N2OS2/c1-13-7-6-8-14(11-13)23-20(25)18-19(26-23)21(2,3)16-12-15(24-5)9-10-17(16)22(18)4/h6-12H,1-5H3. The minimum absolute atomic E-state index is 0.140. The molecule has 1 aliphatic rings. The van der Waals surface area contributed by atoms with Gasteiger partial charge in [0.05, 0.1) is 23.4 Å². The summed E-state index contributed by atoms with van der Waals surface area (Å²) in [4.78, 5) is 3.51. The maximum atomic E-state index is 5.90. The molecule has 5 heteroatoms. The Morgan fingerprint density at radius 2 is 1.88 bits per heavy atom. The number of methoxy groups -OCH3 is 1. The van der Waals surface area contributed by atoms with Crippen LogP contribution in [-0.2, 0) is 5.41 Å². The van der Waals surface area contributed by atoms with Crippen molar-refractivity contribution in [1.29, 1.82) is 0 Å². The molecule has 3 nitrogen and oxygen atoms in total. The molecule has 0 N–H and O–H groups in total. The lowest BCUT2D eigenvalue weighted by molar-refractivity contribution is 0.413. The maximum Gasteiger partial charge on any atom is 0.145 e. The number of hydrogen-bond donors (Lipinski definition) is 0. The number of aryl methyl sites for hydroxylation is 1. The minimum atomic E-state index is -0.140. The number of fused-ring (bicyclic) bond motifs is 2.